The van der Waals surface area contributed by atoms with Crippen molar-refractivity contribution in [3.8, 4) is 11.5 Å². The van der Waals surface area contributed by atoms with Gasteiger partial charge in [0.05, 0.1) is 35.1 Å². The molecule has 1 atom stereocenters. The second-order valence-electron chi connectivity index (χ2n) is 11.5. The van der Waals surface area contributed by atoms with Gasteiger partial charge in [0, 0.05) is 26.6 Å². The second-order valence-corrected chi connectivity index (χ2v) is 13.8. The van der Waals surface area contributed by atoms with E-state index in [2.05, 4.69) is 6.58 Å². The van der Waals surface area contributed by atoms with E-state index in [0.29, 0.717) is 50.2 Å². The lowest BCUT2D eigenvalue weighted by Crippen LogP contribution is -2.40. The molecule has 1 aromatic heterocycles. The molecule has 2 heterocycles. The number of rotatable bonds is 13. The summed E-state index contributed by atoms with van der Waals surface area (Å²) >= 11 is 9.30. The fourth-order valence-corrected chi connectivity index (χ4v) is 7.56. The summed E-state index contributed by atoms with van der Waals surface area (Å²) < 4.78 is 20.1. The molecule has 6 rings (SSSR count). The Hall–Kier alpha value is -4.83. The van der Waals surface area contributed by atoms with Gasteiger partial charge in [-0.15, -0.1) is 18.3 Å². The Balaban J connectivity index is 1.53. The van der Waals surface area contributed by atoms with Crippen molar-refractivity contribution < 1.29 is 19.0 Å². The molecule has 1 aliphatic heterocycles. The zero-order valence-corrected chi connectivity index (χ0v) is 30.9. The minimum absolute atomic E-state index is 0.181. The molecule has 0 N–H and O–H groups in total. The minimum atomic E-state index is -0.760. The molecule has 260 valence electrons. The summed E-state index contributed by atoms with van der Waals surface area (Å²) in [5.74, 6) is 0.623. The number of aromatic nitrogens is 1. The summed E-state index contributed by atoms with van der Waals surface area (Å²) in [5.41, 5.74) is 4.51. The zero-order valence-electron chi connectivity index (χ0n) is 28.6. The van der Waals surface area contributed by atoms with Crippen LogP contribution < -0.4 is 24.4 Å². The molecule has 0 unspecified atom stereocenters. The molecule has 7 nitrogen and oxygen atoms in total. The zero-order chi connectivity index (χ0) is 35.9. The molecule has 0 amide bonds. The highest BCUT2D eigenvalue weighted by molar-refractivity contribution is 7.98. The molecule has 0 aliphatic carbocycles. The van der Waals surface area contributed by atoms with Gasteiger partial charge in [-0.2, -0.15) is 0 Å². The van der Waals surface area contributed by atoms with Crippen molar-refractivity contribution in [2.24, 2.45) is 4.99 Å². The van der Waals surface area contributed by atoms with Crippen molar-refractivity contribution in [3.63, 3.8) is 0 Å². The van der Waals surface area contributed by atoms with Gasteiger partial charge < -0.3 is 14.2 Å². The lowest BCUT2D eigenvalue weighted by molar-refractivity contribution is -0.138. The molecule has 0 saturated heterocycles. The Kier molecular flexibility index (Phi) is 11.6. The van der Waals surface area contributed by atoms with Crippen LogP contribution in [0.15, 0.2) is 124 Å². The van der Waals surface area contributed by atoms with Crippen LogP contribution in [0.25, 0.3) is 11.8 Å². The van der Waals surface area contributed by atoms with Crippen molar-refractivity contribution in [3.05, 3.63) is 162 Å². The van der Waals surface area contributed by atoms with Gasteiger partial charge in [-0.25, -0.2) is 9.79 Å². The van der Waals surface area contributed by atoms with Crippen molar-refractivity contribution in [1.82, 2.24) is 4.57 Å². The Morgan fingerprint density at radius 1 is 0.980 bits per heavy atom. The van der Waals surface area contributed by atoms with E-state index in [1.807, 2.05) is 110 Å². The molecule has 0 fully saturated rings. The van der Waals surface area contributed by atoms with E-state index in [4.69, 9.17) is 30.8 Å². The van der Waals surface area contributed by atoms with E-state index >= 15 is 0 Å². The van der Waals surface area contributed by atoms with Crippen LogP contribution in [0.2, 0.25) is 5.02 Å². The average Bonchev–Trinajstić information content (AvgIpc) is 3.45. The predicted octanol–water partition coefficient (Wildman–Crippen LogP) is 8.02. The number of hydrogen-bond acceptors (Lipinski definition) is 8. The van der Waals surface area contributed by atoms with Gasteiger partial charge in [0.25, 0.3) is 5.56 Å². The first kappa shape index (κ1) is 36.0. The van der Waals surface area contributed by atoms with Crippen LogP contribution in [0.5, 0.6) is 11.5 Å². The summed E-state index contributed by atoms with van der Waals surface area (Å²) in [6.07, 6.45) is 6.15. The Bertz CT molecular complexity index is 2280. The van der Waals surface area contributed by atoms with Gasteiger partial charge in [-0.05, 0) is 74.1 Å². The number of carbonyl (C=O) groups excluding carboxylic acids is 1. The van der Waals surface area contributed by atoms with E-state index < -0.39 is 12.0 Å². The first-order valence-electron chi connectivity index (χ1n) is 16.6. The number of hydrogen-bond donors (Lipinski definition) is 0. The normalized spacial score (nSPS) is 14.1. The number of thiazole rings is 1. The van der Waals surface area contributed by atoms with Crippen LogP contribution in [0.4, 0.5) is 0 Å². The molecule has 0 bridgehead atoms. The number of benzene rings is 4. The van der Waals surface area contributed by atoms with Crippen LogP contribution in [-0.2, 0) is 22.6 Å². The van der Waals surface area contributed by atoms with Gasteiger partial charge in [0.15, 0.2) is 16.3 Å². The topological polar surface area (TPSA) is 79.1 Å². The number of fused-ring (bicyclic) bond motifs is 1. The van der Waals surface area contributed by atoms with Gasteiger partial charge in [0.1, 0.15) is 6.61 Å². The highest BCUT2D eigenvalue weighted by Gasteiger charge is 2.35. The van der Waals surface area contributed by atoms with E-state index in [9.17, 15) is 9.59 Å². The third-order valence-electron chi connectivity index (χ3n) is 8.25. The van der Waals surface area contributed by atoms with Crippen molar-refractivity contribution in [2.75, 3.05) is 19.5 Å². The summed E-state index contributed by atoms with van der Waals surface area (Å²) in [6, 6.07) is 28.1. The number of carbonyl (C=O) groups is 1. The Morgan fingerprint density at radius 3 is 2.41 bits per heavy atom. The van der Waals surface area contributed by atoms with Crippen LogP contribution >= 0.6 is 34.7 Å². The smallest absolute Gasteiger partial charge is 0.338 e. The van der Waals surface area contributed by atoms with Gasteiger partial charge in [-0.3, -0.25) is 9.36 Å². The van der Waals surface area contributed by atoms with Crippen LogP contribution in [0.3, 0.4) is 0 Å². The SMILES string of the molecule is C=CCc1cc(/C=c2/sc3n(c2=O)[C@@H](c2ccc(SC)cc2)C(C(=O)OCC)=C(c2ccccc2)N=3)cc(OCC)c1OCc1ccccc1Cl. The molecule has 0 radical (unpaired) electrons. The number of thioether (sulfide) groups is 1. The monoisotopic (exact) mass is 736 g/mol. The number of esters is 1. The van der Waals surface area contributed by atoms with Gasteiger partial charge >= 0.3 is 5.97 Å². The maximum atomic E-state index is 14.5. The summed E-state index contributed by atoms with van der Waals surface area (Å²) in [5, 5.41) is 0.618. The van der Waals surface area contributed by atoms with Crippen LogP contribution in [0.1, 0.15) is 47.7 Å². The quantitative estimate of drug-likeness (QED) is 0.0693. The fourth-order valence-electron chi connectivity index (χ4n) is 5.96. The highest BCUT2D eigenvalue weighted by atomic mass is 35.5. The first-order chi connectivity index (χ1) is 24.9. The van der Waals surface area contributed by atoms with Crippen molar-refractivity contribution in [2.45, 2.75) is 37.8 Å². The minimum Gasteiger partial charge on any atom is -0.490 e. The fraction of sp³-hybridized carbons (Fsp3) is 0.195. The van der Waals surface area contributed by atoms with Crippen molar-refractivity contribution >= 4 is 52.4 Å². The predicted molar refractivity (Wildman–Crippen MR) is 207 cm³/mol. The van der Waals surface area contributed by atoms with E-state index in [1.165, 1.54) is 11.3 Å². The molecule has 51 heavy (non-hydrogen) atoms. The van der Waals surface area contributed by atoms with Crippen molar-refractivity contribution in [1.29, 1.82) is 0 Å². The summed E-state index contributed by atoms with van der Waals surface area (Å²) in [7, 11) is 0. The standard InChI is InChI=1S/C41H37ClN2O5S2/c1-5-13-29-22-26(23-33(47-6-2)38(29)49-25-30-16-11-12-17-32(30)42)24-34-39(45)44-37(28-18-20-31(50-4)21-19-28)35(40(46)48-7-3)36(43-41(44)51-34)27-14-9-8-10-15-27/h5,8-12,14-24,37H,1,6-7,13,25H2,2-4H3/b34-24+/t37-/m0/s1. The second kappa shape index (κ2) is 16.5. The first-order valence-corrected chi connectivity index (χ1v) is 19.0. The number of nitrogens with zero attached hydrogens (tertiary/aromatic N) is 2. The summed E-state index contributed by atoms with van der Waals surface area (Å²) in [6.45, 7) is 8.48. The highest BCUT2D eigenvalue weighted by Crippen LogP contribution is 2.37. The maximum absolute atomic E-state index is 14.5. The third-order valence-corrected chi connectivity index (χ3v) is 10.3. The molecular formula is C41H37ClN2O5S2. The maximum Gasteiger partial charge on any atom is 0.338 e. The number of allylic oxidation sites excluding steroid dienone is 1. The average molecular weight is 737 g/mol. The Morgan fingerprint density at radius 2 is 1.73 bits per heavy atom. The number of ether oxygens (including phenoxy) is 3. The molecule has 10 heteroatoms. The third kappa shape index (κ3) is 7.76. The lowest BCUT2D eigenvalue weighted by Gasteiger charge is -2.26. The molecule has 0 spiro atoms. The van der Waals surface area contributed by atoms with E-state index in [1.54, 1.807) is 29.3 Å². The summed E-state index contributed by atoms with van der Waals surface area (Å²) in [4.78, 5) is 34.8. The van der Waals surface area contributed by atoms with Crippen LogP contribution in [0, 0.1) is 0 Å². The van der Waals surface area contributed by atoms with E-state index in [0.717, 1.165) is 32.7 Å². The molecule has 4 aromatic carbocycles. The lowest BCUT2D eigenvalue weighted by atomic mass is 9.93. The Labute approximate surface area is 310 Å². The van der Waals surface area contributed by atoms with E-state index in [-0.39, 0.29) is 18.8 Å². The van der Waals surface area contributed by atoms with Gasteiger partial charge in [-0.1, -0.05) is 89.7 Å². The molecule has 1 aliphatic rings. The molecular weight excluding hydrogens is 700 g/mol. The largest absolute Gasteiger partial charge is 0.490 e. The van der Waals surface area contributed by atoms with Crippen LogP contribution in [-0.4, -0.2) is 30.0 Å². The van der Waals surface area contributed by atoms with Gasteiger partial charge in [0.2, 0.25) is 0 Å². The molecule has 0 saturated carbocycles. The number of halogens is 1. The molecule has 5 aromatic rings.